The number of imide groups is 1. The number of nitrogens with one attached hydrogen (secondary N) is 3. The highest BCUT2D eigenvalue weighted by molar-refractivity contribution is 5.98. The van der Waals surface area contributed by atoms with Crippen LogP contribution in [0.1, 0.15) is 18.5 Å². The van der Waals surface area contributed by atoms with Crippen LogP contribution in [0.3, 0.4) is 0 Å². The van der Waals surface area contributed by atoms with E-state index in [1.54, 1.807) is 60.5 Å². The van der Waals surface area contributed by atoms with Crippen molar-refractivity contribution in [2.75, 3.05) is 32.6 Å². The van der Waals surface area contributed by atoms with Crippen LogP contribution in [0.5, 0.6) is 5.75 Å². The first-order valence-electron chi connectivity index (χ1n) is 9.24. The van der Waals surface area contributed by atoms with Gasteiger partial charge in [0, 0.05) is 12.7 Å². The van der Waals surface area contributed by atoms with Gasteiger partial charge in [0.2, 0.25) is 11.8 Å². The summed E-state index contributed by atoms with van der Waals surface area (Å²) in [7, 11) is 3.00. The van der Waals surface area contributed by atoms with Crippen LogP contribution in [0.25, 0.3) is 0 Å². The Morgan fingerprint density at radius 2 is 1.69 bits per heavy atom. The average molecular weight is 398 g/mol. The summed E-state index contributed by atoms with van der Waals surface area (Å²) in [5.74, 6) is -0.0893. The van der Waals surface area contributed by atoms with Gasteiger partial charge in [0.05, 0.1) is 13.7 Å². The van der Waals surface area contributed by atoms with Crippen LogP contribution < -0.4 is 20.7 Å². The number of anilines is 1. The third-order valence-electron chi connectivity index (χ3n) is 4.32. The average Bonchev–Trinajstić information content (AvgIpc) is 2.74. The molecule has 4 amide bonds. The van der Waals surface area contributed by atoms with Crippen LogP contribution >= 0.6 is 0 Å². The lowest BCUT2D eigenvalue weighted by molar-refractivity contribution is -0.127. The molecule has 3 N–H and O–H groups in total. The number of likely N-dealkylation sites (N-methyl/N-ethyl adjacent to an activating group) is 1. The Bertz CT molecular complexity index is 824. The summed E-state index contributed by atoms with van der Waals surface area (Å²) in [4.78, 5) is 38.7. The molecule has 0 saturated heterocycles. The Morgan fingerprint density at radius 1 is 1.03 bits per heavy atom. The molecule has 29 heavy (non-hydrogen) atoms. The van der Waals surface area contributed by atoms with Gasteiger partial charge in [-0.25, -0.2) is 4.79 Å². The number of amides is 4. The second-order valence-corrected chi connectivity index (χ2v) is 6.22. The summed E-state index contributed by atoms with van der Waals surface area (Å²) in [6.45, 7) is 2.25. The third-order valence-corrected chi connectivity index (χ3v) is 4.32. The molecule has 0 aliphatic heterocycles. The van der Waals surface area contributed by atoms with Crippen LogP contribution in [0.2, 0.25) is 0 Å². The number of rotatable bonds is 8. The molecule has 8 heteroatoms. The Kier molecular flexibility index (Phi) is 8.17. The molecule has 8 nitrogen and oxygen atoms in total. The predicted molar refractivity (Wildman–Crippen MR) is 111 cm³/mol. The molecule has 1 atom stereocenters. The zero-order valence-corrected chi connectivity index (χ0v) is 16.8. The van der Waals surface area contributed by atoms with Crippen LogP contribution in [0, 0.1) is 0 Å². The van der Waals surface area contributed by atoms with Gasteiger partial charge in [0.15, 0.2) is 0 Å². The number of nitrogens with zero attached hydrogens (tertiary/aromatic N) is 1. The first-order chi connectivity index (χ1) is 14.0. The van der Waals surface area contributed by atoms with Crippen molar-refractivity contribution >= 4 is 23.5 Å². The fourth-order valence-electron chi connectivity index (χ4n) is 2.85. The lowest BCUT2D eigenvalue weighted by Gasteiger charge is -2.29. The minimum atomic E-state index is -0.792. The van der Waals surface area contributed by atoms with Crippen LogP contribution in [0.4, 0.5) is 10.5 Å². The second-order valence-electron chi connectivity index (χ2n) is 6.22. The molecule has 1 unspecified atom stereocenters. The highest BCUT2D eigenvalue weighted by atomic mass is 16.5. The predicted octanol–water partition coefficient (Wildman–Crippen LogP) is 2.15. The third kappa shape index (κ3) is 6.32. The number of benzene rings is 2. The van der Waals surface area contributed by atoms with Gasteiger partial charge >= 0.3 is 6.03 Å². The number of methoxy groups -OCH3 is 1. The molecular formula is C21H26N4O4. The number of urea groups is 1. The first-order valence-corrected chi connectivity index (χ1v) is 9.24. The fourth-order valence-corrected chi connectivity index (χ4v) is 2.85. The van der Waals surface area contributed by atoms with E-state index < -0.39 is 18.0 Å². The highest BCUT2D eigenvalue weighted by Gasteiger charge is 2.29. The Morgan fingerprint density at radius 3 is 2.24 bits per heavy atom. The molecule has 0 aromatic heterocycles. The van der Waals surface area contributed by atoms with Crippen molar-refractivity contribution in [1.82, 2.24) is 15.5 Å². The maximum absolute atomic E-state index is 12.8. The Labute approximate surface area is 170 Å². The fraction of sp³-hybridized carbons (Fsp3) is 0.286. The molecular weight excluding hydrogens is 372 g/mol. The van der Waals surface area contributed by atoms with Gasteiger partial charge in [-0.2, -0.15) is 0 Å². The molecule has 0 aliphatic carbocycles. The molecule has 0 heterocycles. The molecule has 0 saturated carbocycles. The van der Waals surface area contributed by atoms with Gasteiger partial charge in [0.25, 0.3) is 0 Å². The molecule has 2 aromatic rings. The van der Waals surface area contributed by atoms with E-state index in [1.165, 1.54) is 7.05 Å². The summed E-state index contributed by atoms with van der Waals surface area (Å²) >= 11 is 0. The highest BCUT2D eigenvalue weighted by Crippen LogP contribution is 2.21. The monoisotopic (exact) mass is 398 g/mol. The minimum Gasteiger partial charge on any atom is -0.497 e. The van der Waals surface area contributed by atoms with Crippen molar-refractivity contribution in [3.63, 3.8) is 0 Å². The zero-order chi connectivity index (χ0) is 21.2. The molecule has 0 bridgehead atoms. The summed E-state index contributed by atoms with van der Waals surface area (Å²) in [6.07, 6.45) is 0. The SMILES string of the molecule is CCN(CC(=O)Nc1ccc(OC)cc1)C(C(=O)NC(=O)NC)c1ccccc1. The van der Waals surface area contributed by atoms with Gasteiger partial charge in [-0.05, 0) is 36.4 Å². The largest absolute Gasteiger partial charge is 0.497 e. The number of ether oxygens (including phenoxy) is 1. The van der Waals surface area contributed by atoms with Gasteiger partial charge in [-0.3, -0.25) is 19.8 Å². The van der Waals surface area contributed by atoms with Crippen molar-refractivity contribution in [3.05, 3.63) is 60.2 Å². The van der Waals surface area contributed by atoms with Gasteiger partial charge in [-0.15, -0.1) is 0 Å². The van der Waals surface area contributed by atoms with Crippen molar-refractivity contribution in [2.45, 2.75) is 13.0 Å². The van der Waals surface area contributed by atoms with E-state index in [0.29, 0.717) is 23.5 Å². The van der Waals surface area contributed by atoms with Gasteiger partial charge in [0.1, 0.15) is 11.8 Å². The lowest BCUT2D eigenvalue weighted by atomic mass is 10.0. The quantitative estimate of drug-likeness (QED) is 0.633. The minimum absolute atomic E-state index is 0.0245. The number of hydrogen-bond donors (Lipinski definition) is 3. The molecule has 0 aliphatic rings. The summed E-state index contributed by atoms with van der Waals surface area (Å²) in [5.41, 5.74) is 1.31. The van der Waals surface area contributed by atoms with E-state index in [9.17, 15) is 14.4 Å². The Hall–Kier alpha value is -3.39. The number of carbonyl (C=O) groups is 3. The molecule has 0 fully saturated rings. The van der Waals surface area contributed by atoms with Crippen LogP contribution in [-0.4, -0.2) is 50.0 Å². The standard InChI is InChI=1S/C21H26N4O4/c1-4-25(14-18(26)23-16-10-12-17(29-3)13-11-16)19(15-8-6-5-7-9-15)20(27)24-21(28)22-2/h5-13,19H,4,14H2,1-3H3,(H,23,26)(H2,22,24,27,28). The Balaban J connectivity index is 2.16. The topological polar surface area (TPSA) is 99.8 Å². The van der Waals surface area contributed by atoms with Crippen molar-refractivity contribution < 1.29 is 19.1 Å². The van der Waals surface area contributed by atoms with Crippen molar-refractivity contribution in [2.24, 2.45) is 0 Å². The first kappa shape index (κ1) is 21.9. The lowest BCUT2D eigenvalue weighted by Crippen LogP contribution is -2.47. The molecule has 0 spiro atoms. The summed E-state index contributed by atoms with van der Waals surface area (Å²) < 4.78 is 5.11. The van der Waals surface area contributed by atoms with E-state index in [2.05, 4.69) is 16.0 Å². The van der Waals surface area contributed by atoms with Crippen molar-refractivity contribution in [3.8, 4) is 5.75 Å². The maximum atomic E-state index is 12.8. The zero-order valence-electron chi connectivity index (χ0n) is 16.8. The van der Waals surface area contributed by atoms with E-state index in [-0.39, 0.29) is 12.5 Å². The molecule has 154 valence electrons. The summed E-state index contributed by atoms with van der Waals surface area (Å²) in [5, 5.41) is 7.47. The normalized spacial score (nSPS) is 11.4. The van der Waals surface area contributed by atoms with Crippen LogP contribution in [-0.2, 0) is 9.59 Å². The summed E-state index contributed by atoms with van der Waals surface area (Å²) in [6, 6.07) is 14.6. The maximum Gasteiger partial charge on any atom is 0.321 e. The van der Waals surface area contributed by atoms with Crippen LogP contribution in [0.15, 0.2) is 54.6 Å². The number of carbonyl (C=O) groups excluding carboxylic acids is 3. The van der Waals surface area contributed by atoms with Gasteiger partial charge in [-0.1, -0.05) is 37.3 Å². The van der Waals surface area contributed by atoms with E-state index in [0.717, 1.165) is 0 Å². The molecule has 2 aromatic carbocycles. The van der Waals surface area contributed by atoms with Gasteiger partial charge < -0.3 is 15.4 Å². The smallest absolute Gasteiger partial charge is 0.321 e. The van der Waals surface area contributed by atoms with E-state index >= 15 is 0 Å². The van der Waals surface area contributed by atoms with E-state index in [4.69, 9.17) is 4.74 Å². The van der Waals surface area contributed by atoms with E-state index in [1.807, 2.05) is 13.0 Å². The molecule has 2 rings (SSSR count). The van der Waals surface area contributed by atoms with Crippen molar-refractivity contribution in [1.29, 1.82) is 0 Å². The number of hydrogen-bond acceptors (Lipinski definition) is 5. The second kappa shape index (κ2) is 10.8. The molecule has 0 radical (unpaired) electrons.